The summed E-state index contributed by atoms with van der Waals surface area (Å²) in [5.41, 5.74) is 8.00. The molecule has 0 spiro atoms. The van der Waals surface area contributed by atoms with Gasteiger partial charge in [-0.1, -0.05) is 42.2 Å². The molecule has 2 aromatic rings. The third kappa shape index (κ3) is 5.29. The van der Waals surface area contributed by atoms with Crippen molar-refractivity contribution >= 4 is 11.8 Å². The van der Waals surface area contributed by atoms with Crippen molar-refractivity contribution < 1.29 is 14.3 Å². The summed E-state index contributed by atoms with van der Waals surface area (Å²) in [6.45, 7) is 0.407. The van der Waals surface area contributed by atoms with Crippen LogP contribution in [0.2, 0.25) is 0 Å². The molecule has 0 atom stereocenters. The first kappa shape index (κ1) is 16.2. The standard InChI is InChI=1S/C18H18N2O3/c1-22-16-10-9-15(17(19)12-16)8-5-11-20-18(21)23-13-14-6-3-2-4-7-14/h2-4,6-7,9-10,12H,11,13,19H2,1H3,(H,20,21). The van der Waals surface area contributed by atoms with Gasteiger partial charge < -0.3 is 20.5 Å². The Morgan fingerprint density at radius 2 is 2.00 bits per heavy atom. The normalized spacial score (nSPS) is 9.43. The van der Waals surface area contributed by atoms with E-state index in [1.807, 2.05) is 30.3 Å². The molecule has 0 unspecified atom stereocenters. The number of nitrogens with one attached hydrogen (secondary N) is 1. The summed E-state index contributed by atoms with van der Waals surface area (Å²) in [5.74, 6) is 6.40. The number of anilines is 1. The van der Waals surface area contributed by atoms with Crippen LogP contribution in [-0.4, -0.2) is 19.7 Å². The molecule has 5 nitrogen and oxygen atoms in total. The van der Waals surface area contributed by atoms with Gasteiger partial charge in [0, 0.05) is 11.6 Å². The predicted octanol–water partition coefficient (Wildman–Crippen LogP) is 2.56. The predicted molar refractivity (Wildman–Crippen MR) is 88.9 cm³/mol. The molecule has 118 valence electrons. The zero-order valence-corrected chi connectivity index (χ0v) is 12.8. The highest BCUT2D eigenvalue weighted by molar-refractivity contribution is 5.67. The highest BCUT2D eigenvalue weighted by atomic mass is 16.5. The molecule has 0 saturated heterocycles. The molecule has 0 aromatic heterocycles. The number of hydrogen-bond acceptors (Lipinski definition) is 4. The van der Waals surface area contributed by atoms with Crippen LogP contribution in [0.15, 0.2) is 48.5 Å². The quantitative estimate of drug-likeness (QED) is 0.672. The van der Waals surface area contributed by atoms with Gasteiger partial charge in [-0.3, -0.25) is 0 Å². The van der Waals surface area contributed by atoms with E-state index in [9.17, 15) is 4.79 Å². The lowest BCUT2D eigenvalue weighted by Gasteiger charge is -2.04. The molecule has 2 rings (SSSR count). The molecule has 0 fully saturated rings. The van der Waals surface area contributed by atoms with Crippen LogP contribution < -0.4 is 15.8 Å². The number of methoxy groups -OCH3 is 1. The lowest BCUT2D eigenvalue weighted by atomic mass is 10.2. The number of benzene rings is 2. The van der Waals surface area contributed by atoms with Crippen molar-refractivity contribution in [1.29, 1.82) is 0 Å². The van der Waals surface area contributed by atoms with Crippen LogP contribution >= 0.6 is 0 Å². The van der Waals surface area contributed by atoms with Crippen LogP contribution in [0.4, 0.5) is 10.5 Å². The molecule has 0 radical (unpaired) electrons. The van der Waals surface area contributed by atoms with E-state index in [4.69, 9.17) is 15.2 Å². The number of rotatable bonds is 4. The number of nitrogens with two attached hydrogens (primary N) is 1. The summed E-state index contributed by atoms with van der Waals surface area (Å²) < 4.78 is 10.1. The summed E-state index contributed by atoms with van der Waals surface area (Å²) >= 11 is 0. The van der Waals surface area contributed by atoms with Crippen LogP contribution in [0.1, 0.15) is 11.1 Å². The Bertz CT molecular complexity index is 718. The van der Waals surface area contributed by atoms with Gasteiger partial charge >= 0.3 is 6.09 Å². The second-order valence-electron chi connectivity index (χ2n) is 4.67. The van der Waals surface area contributed by atoms with Gasteiger partial charge in [0.15, 0.2) is 0 Å². The lowest BCUT2D eigenvalue weighted by Crippen LogP contribution is -2.24. The molecule has 23 heavy (non-hydrogen) atoms. The van der Waals surface area contributed by atoms with Gasteiger partial charge in [0.1, 0.15) is 12.4 Å². The van der Waals surface area contributed by atoms with E-state index in [1.54, 1.807) is 25.3 Å². The van der Waals surface area contributed by atoms with E-state index in [1.165, 1.54) is 0 Å². The highest BCUT2D eigenvalue weighted by Crippen LogP contribution is 2.18. The zero-order chi connectivity index (χ0) is 16.5. The van der Waals surface area contributed by atoms with Crippen LogP contribution in [0.25, 0.3) is 0 Å². The van der Waals surface area contributed by atoms with Crippen molar-refractivity contribution in [3.05, 3.63) is 59.7 Å². The molecule has 3 N–H and O–H groups in total. The number of nitrogen functional groups attached to an aromatic ring is 1. The Kier molecular flexibility index (Phi) is 5.89. The largest absolute Gasteiger partial charge is 0.497 e. The van der Waals surface area contributed by atoms with Crippen LogP contribution in [0.3, 0.4) is 0 Å². The van der Waals surface area contributed by atoms with E-state index in [0.29, 0.717) is 17.0 Å². The smallest absolute Gasteiger partial charge is 0.408 e. The maximum absolute atomic E-state index is 11.5. The van der Waals surface area contributed by atoms with E-state index in [0.717, 1.165) is 5.56 Å². The summed E-state index contributed by atoms with van der Waals surface area (Å²) in [5, 5.41) is 2.56. The van der Waals surface area contributed by atoms with Crippen molar-refractivity contribution in [3.8, 4) is 17.6 Å². The lowest BCUT2D eigenvalue weighted by molar-refractivity contribution is 0.141. The third-order valence-corrected chi connectivity index (χ3v) is 3.02. The first-order chi connectivity index (χ1) is 11.2. The van der Waals surface area contributed by atoms with Gasteiger partial charge in [-0.2, -0.15) is 0 Å². The Labute approximate surface area is 135 Å². The summed E-state index contributed by atoms with van der Waals surface area (Å²) in [6.07, 6.45) is -0.508. The minimum Gasteiger partial charge on any atom is -0.497 e. The number of carbonyl (C=O) groups is 1. The Morgan fingerprint density at radius 1 is 1.22 bits per heavy atom. The number of carbonyl (C=O) groups excluding carboxylic acids is 1. The molecule has 1 amide bonds. The number of ether oxygens (including phenoxy) is 2. The van der Waals surface area contributed by atoms with Gasteiger partial charge in [-0.05, 0) is 17.7 Å². The maximum atomic E-state index is 11.5. The molecule has 0 bridgehead atoms. The van der Waals surface area contributed by atoms with Crippen molar-refractivity contribution in [2.24, 2.45) is 0 Å². The Hall–Kier alpha value is -3.13. The van der Waals surface area contributed by atoms with Gasteiger partial charge in [-0.15, -0.1) is 0 Å². The molecule has 2 aromatic carbocycles. The van der Waals surface area contributed by atoms with E-state index in [2.05, 4.69) is 17.2 Å². The Balaban J connectivity index is 1.78. The minimum absolute atomic E-state index is 0.180. The van der Waals surface area contributed by atoms with Crippen molar-refractivity contribution in [1.82, 2.24) is 5.32 Å². The van der Waals surface area contributed by atoms with E-state index in [-0.39, 0.29) is 13.2 Å². The van der Waals surface area contributed by atoms with Crippen LogP contribution in [0.5, 0.6) is 5.75 Å². The summed E-state index contributed by atoms with van der Waals surface area (Å²) in [4.78, 5) is 11.5. The fourth-order valence-electron chi connectivity index (χ4n) is 1.81. The number of amides is 1. The topological polar surface area (TPSA) is 73.6 Å². The number of hydrogen-bond donors (Lipinski definition) is 2. The third-order valence-electron chi connectivity index (χ3n) is 3.02. The fourth-order valence-corrected chi connectivity index (χ4v) is 1.81. The second kappa shape index (κ2) is 8.35. The zero-order valence-electron chi connectivity index (χ0n) is 12.8. The molecule has 0 aliphatic rings. The molecule has 0 heterocycles. The van der Waals surface area contributed by atoms with Gasteiger partial charge in [-0.25, -0.2) is 4.79 Å². The first-order valence-electron chi connectivity index (χ1n) is 7.06. The summed E-state index contributed by atoms with van der Waals surface area (Å²) in [7, 11) is 1.57. The highest BCUT2D eigenvalue weighted by Gasteiger charge is 2.01. The number of alkyl carbamates (subject to hydrolysis) is 1. The van der Waals surface area contributed by atoms with Crippen LogP contribution in [-0.2, 0) is 11.3 Å². The first-order valence-corrected chi connectivity index (χ1v) is 7.06. The maximum Gasteiger partial charge on any atom is 0.408 e. The van der Waals surface area contributed by atoms with Gasteiger partial charge in [0.25, 0.3) is 0 Å². The molecule has 0 saturated carbocycles. The van der Waals surface area contributed by atoms with Crippen molar-refractivity contribution in [2.75, 3.05) is 19.4 Å². The van der Waals surface area contributed by atoms with Crippen LogP contribution in [0, 0.1) is 11.8 Å². The monoisotopic (exact) mass is 310 g/mol. The molecule has 5 heteroatoms. The molecule has 0 aliphatic carbocycles. The van der Waals surface area contributed by atoms with E-state index >= 15 is 0 Å². The van der Waals surface area contributed by atoms with Crippen molar-refractivity contribution in [3.63, 3.8) is 0 Å². The summed E-state index contributed by atoms with van der Waals surface area (Å²) in [6, 6.07) is 14.7. The minimum atomic E-state index is -0.508. The average Bonchev–Trinajstić information content (AvgIpc) is 2.58. The Morgan fingerprint density at radius 3 is 2.70 bits per heavy atom. The van der Waals surface area contributed by atoms with Crippen molar-refractivity contribution in [2.45, 2.75) is 6.61 Å². The molecular formula is C18H18N2O3. The SMILES string of the molecule is COc1ccc(C#CCNC(=O)OCc2ccccc2)c(N)c1. The van der Waals surface area contributed by atoms with Gasteiger partial charge in [0.05, 0.1) is 19.3 Å². The van der Waals surface area contributed by atoms with Gasteiger partial charge in [0.2, 0.25) is 0 Å². The molecular weight excluding hydrogens is 292 g/mol. The molecule has 0 aliphatic heterocycles. The fraction of sp³-hybridized carbons (Fsp3) is 0.167. The second-order valence-corrected chi connectivity index (χ2v) is 4.67. The van der Waals surface area contributed by atoms with E-state index < -0.39 is 6.09 Å². The average molecular weight is 310 g/mol.